The summed E-state index contributed by atoms with van der Waals surface area (Å²) in [6.07, 6.45) is -0.390. The number of hydrogen-bond acceptors (Lipinski definition) is 4. The second kappa shape index (κ2) is 6.02. The number of hydrogen-bond donors (Lipinski definition) is 1. The molecule has 0 unspecified atom stereocenters. The predicted octanol–water partition coefficient (Wildman–Crippen LogP) is 2.18. The molecule has 1 aromatic carbocycles. The van der Waals surface area contributed by atoms with Crippen LogP contribution in [0.15, 0.2) is 34.4 Å². The fourth-order valence-corrected chi connectivity index (χ4v) is 3.22. The maximum Gasteiger partial charge on any atom is 0.305 e. The van der Waals surface area contributed by atoms with Crippen LogP contribution in [0.1, 0.15) is 29.1 Å². The summed E-state index contributed by atoms with van der Waals surface area (Å²) in [6.45, 7) is 2.66. The van der Waals surface area contributed by atoms with Crippen molar-refractivity contribution in [1.82, 2.24) is 9.88 Å². The van der Waals surface area contributed by atoms with Gasteiger partial charge < -0.3 is 14.6 Å². The van der Waals surface area contributed by atoms with E-state index in [0.717, 1.165) is 11.3 Å². The van der Waals surface area contributed by atoms with Gasteiger partial charge in [-0.05, 0) is 24.6 Å². The Hall–Kier alpha value is -1.99. The zero-order valence-electron chi connectivity index (χ0n) is 11.9. The van der Waals surface area contributed by atoms with Gasteiger partial charge in [0.15, 0.2) is 0 Å². The summed E-state index contributed by atoms with van der Waals surface area (Å²) in [6, 6.07) is 5.94. The predicted molar refractivity (Wildman–Crippen MR) is 80.5 cm³/mol. The molecule has 7 heteroatoms. The first-order valence-corrected chi connectivity index (χ1v) is 7.80. The molecule has 0 spiro atoms. The summed E-state index contributed by atoms with van der Waals surface area (Å²) in [5, 5.41) is 1.52. The molecule has 1 amide bonds. The van der Waals surface area contributed by atoms with Crippen molar-refractivity contribution in [2.24, 2.45) is 0 Å². The highest BCUT2D eigenvalue weighted by atomic mass is 32.1. The Labute approximate surface area is 130 Å². The molecule has 0 saturated carbocycles. The lowest BCUT2D eigenvalue weighted by molar-refractivity contribution is -0.0554. The molecular weight excluding hydrogens is 307 g/mol. The smallest absolute Gasteiger partial charge is 0.305 e. The van der Waals surface area contributed by atoms with E-state index in [1.807, 2.05) is 6.92 Å². The van der Waals surface area contributed by atoms with Crippen LogP contribution in [0.2, 0.25) is 0 Å². The number of halogens is 1. The number of ether oxygens (including phenoxy) is 1. The molecule has 0 bridgehead atoms. The Kier molecular flexibility index (Phi) is 4.08. The fourth-order valence-electron chi connectivity index (χ4n) is 2.67. The molecule has 1 aromatic heterocycles. The fraction of sp³-hybridized carbons (Fsp3) is 0.333. The minimum absolute atomic E-state index is 0.240. The molecule has 1 aliphatic rings. The third-order valence-electron chi connectivity index (χ3n) is 3.75. The van der Waals surface area contributed by atoms with Crippen LogP contribution < -0.4 is 4.87 Å². The number of aromatic nitrogens is 1. The summed E-state index contributed by atoms with van der Waals surface area (Å²) in [7, 11) is 0. The highest BCUT2D eigenvalue weighted by molar-refractivity contribution is 7.07. The average Bonchev–Trinajstić information content (AvgIpc) is 2.93. The monoisotopic (exact) mass is 322 g/mol. The van der Waals surface area contributed by atoms with Gasteiger partial charge in [-0.15, -0.1) is 0 Å². The molecule has 5 nitrogen and oxygen atoms in total. The SMILES string of the molecule is C[C@@H]1[C@@H](c2cccc(F)c2)OCCN1C(=O)c1csc(=O)[nH]1. The Morgan fingerprint density at radius 2 is 2.32 bits per heavy atom. The van der Waals surface area contributed by atoms with Crippen molar-refractivity contribution in [2.45, 2.75) is 19.1 Å². The highest BCUT2D eigenvalue weighted by Gasteiger charge is 2.34. The Balaban J connectivity index is 1.85. The van der Waals surface area contributed by atoms with Crippen molar-refractivity contribution in [3.63, 3.8) is 0 Å². The van der Waals surface area contributed by atoms with Crippen molar-refractivity contribution in [3.05, 3.63) is 56.4 Å². The molecule has 22 heavy (non-hydrogen) atoms. The summed E-state index contributed by atoms with van der Waals surface area (Å²) >= 11 is 0.958. The number of nitrogens with one attached hydrogen (secondary N) is 1. The van der Waals surface area contributed by atoms with Gasteiger partial charge >= 0.3 is 4.87 Å². The van der Waals surface area contributed by atoms with Gasteiger partial charge in [-0.25, -0.2) is 4.39 Å². The van der Waals surface area contributed by atoms with Gasteiger partial charge in [0, 0.05) is 11.9 Å². The van der Waals surface area contributed by atoms with E-state index in [4.69, 9.17) is 4.74 Å². The Morgan fingerprint density at radius 3 is 3.00 bits per heavy atom. The van der Waals surface area contributed by atoms with E-state index < -0.39 is 6.10 Å². The van der Waals surface area contributed by atoms with Crippen LogP contribution in [0.25, 0.3) is 0 Å². The lowest BCUT2D eigenvalue weighted by atomic mass is 10.00. The van der Waals surface area contributed by atoms with Crippen molar-refractivity contribution in [1.29, 1.82) is 0 Å². The van der Waals surface area contributed by atoms with Crippen LogP contribution in [0.4, 0.5) is 4.39 Å². The zero-order valence-corrected chi connectivity index (χ0v) is 12.7. The largest absolute Gasteiger partial charge is 0.370 e. The molecule has 2 aromatic rings. The summed E-state index contributed by atoms with van der Waals surface area (Å²) in [5.41, 5.74) is 0.977. The minimum Gasteiger partial charge on any atom is -0.370 e. The van der Waals surface area contributed by atoms with E-state index in [1.54, 1.807) is 17.0 Å². The standard InChI is InChI=1S/C15H15FN2O3S/c1-9-13(10-3-2-4-11(16)7-10)21-6-5-18(9)14(19)12-8-22-15(20)17-12/h2-4,7-9,13H,5-6H2,1H3,(H,17,20)/t9-,13+/m1/s1. The molecule has 2 atom stereocenters. The average molecular weight is 322 g/mol. The number of carbonyl (C=O) groups is 1. The number of rotatable bonds is 2. The van der Waals surface area contributed by atoms with Gasteiger partial charge in [0.2, 0.25) is 0 Å². The normalized spacial score (nSPS) is 21.8. The maximum atomic E-state index is 13.4. The van der Waals surface area contributed by atoms with E-state index in [2.05, 4.69) is 4.98 Å². The summed E-state index contributed by atoms with van der Waals surface area (Å²) < 4.78 is 19.1. The van der Waals surface area contributed by atoms with Gasteiger partial charge in [-0.1, -0.05) is 23.5 Å². The third kappa shape index (κ3) is 2.82. The van der Waals surface area contributed by atoms with Crippen molar-refractivity contribution in [2.75, 3.05) is 13.2 Å². The van der Waals surface area contributed by atoms with E-state index in [0.29, 0.717) is 18.7 Å². The number of benzene rings is 1. The number of H-pyrrole nitrogens is 1. The molecule has 116 valence electrons. The highest BCUT2D eigenvalue weighted by Crippen LogP contribution is 2.29. The first-order chi connectivity index (χ1) is 10.6. The molecule has 1 aliphatic heterocycles. The van der Waals surface area contributed by atoms with Crippen molar-refractivity contribution in [3.8, 4) is 0 Å². The van der Waals surface area contributed by atoms with Gasteiger partial charge in [-0.2, -0.15) is 0 Å². The molecule has 1 N–H and O–H groups in total. The number of thiazole rings is 1. The Morgan fingerprint density at radius 1 is 1.50 bits per heavy atom. The van der Waals surface area contributed by atoms with Crippen LogP contribution in [0.3, 0.4) is 0 Å². The third-order valence-corrected chi connectivity index (χ3v) is 4.42. The lowest BCUT2D eigenvalue weighted by Gasteiger charge is -2.39. The van der Waals surface area contributed by atoms with Crippen LogP contribution in [0, 0.1) is 5.82 Å². The van der Waals surface area contributed by atoms with Crippen LogP contribution in [-0.4, -0.2) is 35.0 Å². The minimum atomic E-state index is -0.390. The van der Waals surface area contributed by atoms with Gasteiger partial charge in [0.25, 0.3) is 5.91 Å². The molecule has 0 aliphatic carbocycles. The van der Waals surface area contributed by atoms with E-state index in [1.165, 1.54) is 17.5 Å². The number of carbonyl (C=O) groups excluding carboxylic acids is 1. The molecule has 0 radical (unpaired) electrons. The summed E-state index contributed by atoms with van der Waals surface area (Å²) in [5.74, 6) is -0.575. The first-order valence-electron chi connectivity index (χ1n) is 6.92. The van der Waals surface area contributed by atoms with Crippen LogP contribution >= 0.6 is 11.3 Å². The number of nitrogens with zero attached hydrogens (tertiary/aromatic N) is 1. The molecule has 2 heterocycles. The quantitative estimate of drug-likeness (QED) is 0.922. The molecular formula is C15H15FN2O3S. The van der Waals surface area contributed by atoms with Crippen LogP contribution in [0.5, 0.6) is 0 Å². The van der Waals surface area contributed by atoms with Gasteiger partial charge in [-0.3, -0.25) is 9.59 Å². The zero-order chi connectivity index (χ0) is 15.7. The van der Waals surface area contributed by atoms with Gasteiger partial charge in [0.1, 0.15) is 17.6 Å². The topological polar surface area (TPSA) is 62.4 Å². The van der Waals surface area contributed by atoms with Gasteiger partial charge in [0.05, 0.1) is 12.6 Å². The number of amides is 1. The maximum absolute atomic E-state index is 13.4. The first kappa shape index (κ1) is 14.9. The lowest BCUT2D eigenvalue weighted by Crippen LogP contribution is -2.48. The van der Waals surface area contributed by atoms with E-state index in [-0.39, 0.29) is 28.3 Å². The second-order valence-electron chi connectivity index (χ2n) is 5.15. The van der Waals surface area contributed by atoms with Crippen molar-refractivity contribution < 1.29 is 13.9 Å². The second-order valence-corrected chi connectivity index (χ2v) is 5.99. The Bertz CT molecular complexity index is 742. The molecule has 3 rings (SSSR count). The number of morpholine rings is 1. The summed E-state index contributed by atoms with van der Waals surface area (Å²) in [4.78, 5) is 27.6. The van der Waals surface area contributed by atoms with Crippen LogP contribution in [-0.2, 0) is 4.74 Å². The van der Waals surface area contributed by atoms with E-state index in [9.17, 15) is 14.0 Å². The van der Waals surface area contributed by atoms with Crippen molar-refractivity contribution >= 4 is 17.2 Å². The van der Waals surface area contributed by atoms with E-state index >= 15 is 0 Å². The number of aromatic amines is 1. The molecule has 1 fully saturated rings. The molecule has 1 saturated heterocycles.